The van der Waals surface area contributed by atoms with Crippen LogP contribution in [0.5, 0.6) is 5.75 Å². The molecule has 0 aliphatic heterocycles. The summed E-state index contributed by atoms with van der Waals surface area (Å²) in [6, 6.07) is 15.5. The SMILES string of the molecule is O=C(CCC(=O)c1ccccc1)Oc1cccc(Cl)c1. The first kappa shape index (κ1) is 14.3. The average Bonchev–Trinajstić information content (AvgIpc) is 2.46. The highest BCUT2D eigenvalue weighted by molar-refractivity contribution is 6.30. The van der Waals surface area contributed by atoms with Gasteiger partial charge in [0.05, 0.1) is 6.42 Å². The lowest BCUT2D eigenvalue weighted by atomic mass is 10.1. The van der Waals surface area contributed by atoms with Gasteiger partial charge in [-0.1, -0.05) is 48.0 Å². The summed E-state index contributed by atoms with van der Waals surface area (Å²) >= 11 is 5.79. The first-order valence-electron chi connectivity index (χ1n) is 6.19. The van der Waals surface area contributed by atoms with Crippen molar-refractivity contribution >= 4 is 23.4 Å². The third kappa shape index (κ3) is 4.21. The molecule has 0 saturated carbocycles. The van der Waals surface area contributed by atoms with Gasteiger partial charge in [-0.25, -0.2) is 0 Å². The van der Waals surface area contributed by atoms with E-state index in [0.717, 1.165) is 0 Å². The van der Waals surface area contributed by atoms with Gasteiger partial charge in [0.1, 0.15) is 5.75 Å². The van der Waals surface area contributed by atoms with Crippen LogP contribution in [0.3, 0.4) is 0 Å². The van der Waals surface area contributed by atoms with Crippen molar-refractivity contribution in [3.63, 3.8) is 0 Å². The lowest BCUT2D eigenvalue weighted by Gasteiger charge is -2.04. The standard InChI is InChI=1S/C16H13ClO3/c17-13-7-4-8-14(11-13)20-16(19)10-9-15(18)12-5-2-1-3-6-12/h1-8,11H,9-10H2. The molecule has 2 aromatic rings. The Kier molecular flexibility index (Phi) is 4.91. The van der Waals surface area contributed by atoms with Crippen molar-refractivity contribution in [2.45, 2.75) is 12.8 Å². The van der Waals surface area contributed by atoms with Crippen molar-refractivity contribution in [2.24, 2.45) is 0 Å². The number of ketones is 1. The number of ether oxygens (including phenoxy) is 1. The molecule has 0 atom stereocenters. The summed E-state index contributed by atoms with van der Waals surface area (Å²) in [6.45, 7) is 0. The molecule has 0 saturated heterocycles. The van der Waals surface area contributed by atoms with Crippen LogP contribution in [-0.4, -0.2) is 11.8 Å². The van der Waals surface area contributed by atoms with Gasteiger partial charge in [0.2, 0.25) is 0 Å². The first-order valence-corrected chi connectivity index (χ1v) is 6.57. The van der Waals surface area contributed by atoms with Crippen LogP contribution < -0.4 is 4.74 Å². The Labute approximate surface area is 122 Å². The summed E-state index contributed by atoms with van der Waals surface area (Å²) in [4.78, 5) is 23.5. The largest absolute Gasteiger partial charge is 0.426 e. The van der Waals surface area contributed by atoms with Crippen LogP contribution in [0, 0.1) is 0 Å². The number of Topliss-reactive ketones (excluding diaryl/α,β-unsaturated/α-hetero) is 1. The second kappa shape index (κ2) is 6.87. The number of halogens is 1. The molecule has 102 valence electrons. The Hall–Kier alpha value is -2.13. The molecule has 0 spiro atoms. The summed E-state index contributed by atoms with van der Waals surface area (Å²) in [6.07, 6.45) is 0.170. The topological polar surface area (TPSA) is 43.4 Å². The predicted octanol–water partition coefficient (Wildman–Crippen LogP) is 3.91. The molecule has 2 rings (SSSR count). The molecule has 0 aliphatic carbocycles. The van der Waals surface area contributed by atoms with Gasteiger partial charge in [0.25, 0.3) is 0 Å². The molecule has 0 fully saturated rings. The second-order valence-electron chi connectivity index (χ2n) is 4.22. The van der Waals surface area contributed by atoms with Crippen molar-refractivity contribution in [1.82, 2.24) is 0 Å². The van der Waals surface area contributed by atoms with Crippen molar-refractivity contribution in [1.29, 1.82) is 0 Å². The van der Waals surface area contributed by atoms with E-state index in [1.807, 2.05) is 6.07 Å². The van der Waals surface area contributed by atoms with Crippen molar-refractivity contribution < 1.29 is 14.3 Å². The van der Waals surface area contributed by atoms with Gasteiger partial charge >= 0.3 is 5.97 Å². The van der Waals surface area contributed by atoms with Crippen LogP contribution >= 0.6 is 11.6 Å². The molecule has 3 nitrogen and oxygen atoms in total. The highest BCUT2D eigenvalue weighted by Gasteiger charge is 2.10. The summed E-state index contributed by atoms with van der Waals surface area (Å²) in [5, 5.41) is 0.496. The van der Waals surface area contributed by atoms with Crippen molar-refractivity contribution in [2.75, 3.05) is 0 Å². The monoisotopic (exact) mass is 288 g/mol. The summed E-state index contributed by atoms with van der Waals surface area (Å²) in [7, 11) is 0. The Balaban J connectivity index is 1.85. The molecule has 20 heavy (non-hydrogen) atoms. The number of carbonyl (C=O) groups is 2. The van der Waals surface area contributed by atoms with E-state index in [-0.39, 0.29) is 18.6 Å². The third-order valence-electron chi connectivity index (χ3n) is 2.68. The second-order valence-corrected chi connectivity index (χ2v) is 4.66. The number of hydrogen-bond acceptors (Lipinski definition) is 3. The Morgan fingerprint density at radius 2 is 1.70 bits per heavy atom. The van der Waals surface area contributed by atoms with Crippen LogP contribution in [0.25, 0.3) is 0 Å². The van der Waals surface area contributed by atoms with E-state index < -0.39 is 5.97 Å². The zero-order chi connectivity index (χ0) is 14.4. The number of rotatable bonds is 5. The highest BCUT2D eigenvalue weighted by Crippen LogP contribution is 2.18. The molecule has 0 aromatic heterocycles. The fourth-order valence-electron chi connectivity index (χ4n) is 1.70. The van der Waals surface area contributed by atoms with E-state index in [0.29, 0.717) is 16.3 Å². The molecule has 2 aromatic carbocycles. The normalized spacial score (nSPS) is 10.1. The average molecular weight is 289 g/mol. The molecule has 0 aliphatic rings. The van der Waals surface area contributed by atoms with Gasteiger partial charge in [-0.15, -0.1) is 0 Å². The maximum absolute atomic E-state index is 11.8. The van der Waals surface area contributed by atoms with Crippen LogP contribution in [0.15, 0.2) is 54.6 Å². The van der Waals surface area contributed by atoms with Gasteiger partial charge in [-0.05, 0) is 18.2 Å². The van der Waals surface area contributed by atoms with Crippen LogP contribution in [0.2, 0.25) is 5.02 Å². The Morgan fingerprint density at radius 3 is 2.40 bits per heavy atom. The van der Waals surface area contributed by atoms with Gasteiger partial charge < -0.3 is 4.74 Å². The molecule has 0 heterocycles. The number of carbonyl (C=O) groups excluding carboxylic acids is 2. The zero-order valence-corrected chi connectivity index (χ0v) is 11.5. The van der Waals surface area contributed by atoms with E-state index in [2.05, 4.69) is 0 Å². The Morgan fingerprint density at radius 1 is 0.950 bits per heavy atom. The number of hydrogen-bond donors (Lipinski definition) is 0. The molecule has 4 heteroatoms. The summed E-state index contributed by atoms with van der Waals surface area (Å²) < 4.78 is 5.11. The quantitative estimate of drug-likeness (QED) is 0.476. The lowest BCUT2D eigenvalue weighted by molar-refractivity contribution is -0.134. The summed E-state index contributed by atoms with van der Waals surface area (Å²) in [5.41, 5.74) is 0.600. The first-order chi connectivity index (χ1) is 9.65. The van der Waals surface area contributed by atoms with E-state index in [1.165, 1.54) is 0 Å². The third-order valence-corrected chi connectivity index (χ3v) is 2.91. The van der Waals surface area contributed by atoms with Crippen LogP contribution in [0.1, 0.15) is 23.2 Å². The minimum Gasteiger partial charge on any atom is -0.426 e. The van der Waals surface area contributed by atoms with E-state index in [1.54, 1.807) is 48.5 Å². The fraction of sp³-hybridized carbons (Fsp3) is 0.125. The predicted molar refractivity (Wildman–Crippen MR) is 77.1 cm³/mol. The highest BCUT2D eigenvalue weighted by atomic mass is 35.5. The van der Waals surface area contributed by atoms with E-state index in [4.69, 9.17) is 16.3 Å². The summed E-state index contributed by atoms with van der Waals surface area (Å²) in [5.74, 6) is -0.139. The number of esters is 1. The van der Waals surface area contributed by atoms with Gasteiger partial charge in [0, 0.05) is 17.0 Å². The molecule has 0 bridgehead atoms. The number of benzene rings is 2. The van der Waals surface area contributed by atoms with E-state index in [9.17, 15) is 9.59 Å². The van der Waals surface area contributed by atoms with Crippen LogP contribution in [0.4, 0.5) is 0 Å². The maximum Gasteiger partial charge on any atom is 0.311 e. The Bertz CT molecular complexity index is 608. The van der Waals surface area contributed by atoms with Gasteiger partial charge in [-0.2, -0.15) is 0 Å². The molecular formula is C16H13ClO3. The lowest BCUT2D eigenvalue weighted by Crippen LogP contribution is -2.10. The fourth-order valence-corrected chi connectivity index (χ4v) is 1.88. The smallest absolute Gasteiger partial charge is 0.311 e. The molecule has 0 unspecified atom stereocenters. The van der Waals surface area contributed by atoms with Crippen molar-refractivity contribution in [3.8, 4) is 5.75 Å². The van der Waals surface area contributed by atoms with Crippen molar-refractivity contribution in [3.05, 3.63) is 65.2 Å². The van der Waals surface area contributed by atoms with Gasteiger partial charge in [-0.3, -0.25) is 9.59 Å². The minimum atomic E-state index is -0.448. The minimum absolute atomic E-state index is 0.0419. The molecule has 0 N–H and O–H groups in total. The zero-order valence-electron chi connectivity index (χ0n) is 10.7. The molecule has 0 radical (unpaired) electrons. The van der Waals surface area contributed by atoms with E-state index >= 15 is 0 Å². The maximum atomic E-state index is 11.8. The van der Waals surface area contributed by atoms with Gasteiger partial charge in [0.15, 0.2) is 5.78 Å². The van der Waals surface area contributed by atoms with Crippen LogP contribution in [-0.2, 0) is 4.79 Å². The molecular weight excluding hydrogens is 276 g/mol. The molecule has 0 amide bonds.